The molecule has 2 amide bonds. The maximum absolute atomic E-state index is 13.8. The maximum atomic E-state index is 13.8. The van der Waals surface area contributed by atoms with Crippen molar-refractivity contribution in [3.8, 4) is 23.0 Å². The van der Waals surface area contributed by atoms with Crippen LogP contribution < -0.4 is 5.32 Å². The predicted octanol–water partition coefficient (Wildman–Crippen LogP) is 3.50. The molecule has 0 aromatic carbocycles. The number of nitrogens with one attached hydrogen (secondary N) is 1. The van der Waals surface area contributed by atoms with Crippen molar-refractivity contribution in [2.24, 2.45) is 5.41 Å². The second-order valence-electron chi connectivity index (χ2n) is 10.6. The van der Waals surface area contributed by atoms with Gasteiger partial charge in [0.05, 0.1) is 10.8 Å². The van der Waals surface area contributed by atoms with E-state index in [1.807, 2.05) is 19.9 Å². The van der Waals surface area contributed by atoms with Crippen molar-refractivity contribution in [3.05, 3.63) is 58.5 Å². The molecule has 0 saturated carbocycles. The summed E-state index contributed by atoms with van der Waals surface area (Å²) in [6.45, 7) is 6.81. The number of anilines is 1. The van der Waals surface area contributed by atoms with Crippen LogP contribution in [0.3, 0.4) is 0 Å². The molecule has 0 radical (unpaired) electrons. The van der Waals surface area contributed by atoms with Gasteiger partial charge in [-0.3, -0.25) is 14.4 Å². The predicted molar refractivity (Wildman–Crippen MR) is 154 cm³/mol. The zero-order chi connectivity index (χ0) is 29.1. The molecule has 11 nitrogen and oxygen atoms in total. The molecule has 5 heterocycles. The molecular weight excluding hydrogens is 588 g/mol. The van der Waals surface area contributed by atoms with Crippen molar-refractivity contribution >= 4 is 50.4 Å². The lowest BCUT2D eigenvalue weighted by atomic mass is 9.76. The number of halogens is 1. The van der Waals surface area contributed by atoms with E-state index in [4.69, 9.17) is 0 Å². The average Bonchev–Trinajstić information content (AvgIpc) is 3.39. The molecule has 3 atom stereocenters. The zero-order valence-electron chi connectivity index (χ0n) is 22.8. The number of aryl methyl sites for hydroxylation is 2. The molecule has 41 heavy (non-hydrogen) atoms. The van der Waals surface area contributed by atoms with Gasteiger partial charge in [0, 0.05) is 36.6 Å². The summed E-state index contributed by atoms with van der Waals surface area (Å²) in [5, 5.41) is 7.86. The van der Waals surface area contributed by atoms with Crippen molar-refractivity contribution in [1.29, 1.82) is 0 Å². The molecule has 1 aliphatic heterocycles. The number of carbonyl (C=O) groups excluding carboxylic acids is 3. The lowest BCUT2D eigenvalue weighted by molar-refractivity contribution is -0.138. The lowest BCUT2D eigenvalue weighted by Crippen LogP contribution is -2.50. The Morgan fingerprint density at radius 3 is 2.54 bits per heavy atom. The first-order valence-corrected chi connectivity index (χ1v) is 13.8. The standard InChI is InChI=1S/C29H25BrN8O3/c1-15-5-6-23(30)34-26(15)35-28(41)21-10-29(4)8-7-22(29)38(21)24(40)14-37-27-20(25(36-37)16(2)39)9-18(11-33-27)19-12-31-17(3)32-13-19/h5-6,9,11-13,21-22H,10,14H2,1-4H3,(H,34,35,41)/t21-,22+,29+/m0/s1. The lowest BCUT2D eigenvalue weighted by Gasteiger charge is -2.34. The van der Waals surface area contributed by atoms with Crippen molar-refractivity contribution in [2.75, 3.05) is 5.32 Å². The Balaban J connectivity index is 1.31. The molecule has 1 N–H and O–H groups in total. The monoisotopic (exact) mass is 612 g/mol. The largest absolute Gasteiger partial charge is 0.314 e. The summed E-state index contributed by atoms with van der Waals surface area (Å²) in [5.41, 5.74) is 2.36. The molecule has 4 aromatic rings. The van der Waals surface area contributed by atoms with Crippen molar-refractivity contribution < 1.29 is 14.4 Å². The first-order chi connectivity index (χ1) is 19.5. The van der Waals surface area contributed by atoms with Crippen molar-refractivity contribution in [3.63, 3.8) is 0 Å². The molecule has 0 bridgehead atoms. The quantitative estimate of drug-likeness (QED) is 0.198. The number of Topliss-reactive ketones (excluding diaryl/α,β-unsaturated/α-hetero) is 1. The smallest absolute Gasteiger partial charge is 0.248 e. The van der Waals surface area contributed by atoms with E-state index in [1.165, 1.54) is 16.5 Å². The molecule has 6 rings (SSSR count). The van der Waals surface area contributed by atoms with Crippen LogP contribution in [-0.4, -0.2) is 64.3 Å². The minimum atomic E-state index is -0.768. The number of amides is 2. The molecule has 0 unspecified atom stereocenters. The van der Waals surface area contributed by atoms with Crippen LogP contribution in [0.2, 0.25) is 0 Å². The van der Waals surface area contributed by atoms with E-state index in [-0.39, 0.29) is 29.8 Å². The summed E-state index contributed by atoms with van der Waals surface area (Å²) in [6, 6.07) is 4.27. The Kier molecular flexibility index (Phi) is 6.42. The van der Waals surface area contributed by atoms with Gasteiger partial charge in [-0.15, -0.1) is 0 Å². The second kappa shape index (κ2) is 9.85. The maximum Gasteiger partial charge on any atom is 0.248 e. The van der Waals surface area contributed by atoms with Crippen LogP contribution >= 0.6 is 15.9 Å². The van der Waals surface area contributed by atoms with Crippen molar-refractivity contribution in [2.45, 2.75) is 52.7 Å². The van der Waals surface area contributed by atoms with Gasteiger partial charge in [0.2, 0.25) is 11.8 Å². The first kappa shape index (κ1) is 26.7. The number of aromatic nitrogens is 6. The first-order valence-electron chi connectivity index (χ1n) is 13.0. The van der Waals surface area contributed by atoms with Crippen molar-refractivity contribution in [1.82, 2.24) is 34.6 Å². The van der Waals surface area contributed by atoms with Gasteiger partial charge in [0.1, 0.15) is 40.6 Å². The average molecular weight is 613 g/mol. The zero-order valence-corrected chi connectivity index (χ0v) is 24.4. The second-order valence-corrected chi connectivity index (χ2v) is 11.4. The summed E-state index contributed by atoms with van der Waals surface area (Å²) in [7, 11) is 0. The normalized spacial score (nSPS) is 20.7. The fraction of sp³-hybridized carbons (Fsp3) is 0.310. The number of carbonyl (C=O) groups is 3. The summed E-state index contributed by atoms with van der Waals surface area (Å²) < 4.78 is 2.01. The molecular formula is C29H25BrN8O3. The van der Waals surface area contributed by atoms with E-state index in [1.54, 1.807) is 37.6 Å². The Morgan fingerprint density at radius 1 is 1.12 bits per heavy atom. The third-order valence-electron chi connectivity index (χ3n) is 7.54. The molecule has 12 heteroatoms. The Morgan fingerprint density at radius 2 is 1.85 bits per heavy atom. The fourth-order valence-corrected chi connectivity index (χ4v) is 5.62. The van der Waals surface area contributed by atoms with E-state index >= 15 is 0 Å². The minimum absolute atomic E-state index is 0.204. The third kappa shape index (κ3) is 4.66. The Bertz CT molecular complexity index is 1820. The van der Waals surface area contributed by atoms with Crippen LogP contribution in [0.25, 0.3) is 22.2 Å². The number of rotatable bonds is 6. The topological polar surface area (TPSA) is 136 Å². The van der Waals surface area contributed by atoms with E-state index < -0.39 is 17.5 Å². The van der Waals surface area contributed by atoms with Gasteiger partial charge >= 0.3 is 0 Å². The molecule has 2 aliphatic rings. The summed E-state index contributed by atoms with van der Waals surface area (Å²) in [6.07, 6.45) is 5.41. The Hall–Kier alpha value is -4.50. The highest BCUT2D eigenvalue weighted by Crippen LogP contribution is 2.45. The SMILES string of the molecule is CC(=O)c1nn(CC(=O)N2[C@H](C(=O)Nc3nc(Br)ccc3C)C[C@@]3(C)C#C[C@@H]23)c2ncc(-c3cnc(C)nc3)cc12. The number of ketones is 1. The highest BCUT2D eigenvalue weighted by atomic mass is 79.9. The highest BCUT2D eigenvalue weighted by molar-refractivity contribution is 9.10. The Labute approximate surface area is 243 Å². The van der Waals surface area contributed by atoms with Gasteiger partial charge < -0.3 is 10.2 Å². The van der Waals surface area contributed by atoms with E-state index in [0.717, 1.165) is 16.7 Å². The number of pyridine rings is 2. The summed E-state index contributed by atoms with van der Waals surface area (Å²) >= 11 is 3.34. The van der Waals surface area contributed by atoms with E-state index in [2.05, 4.69) is 58.1 Å². The molecule has 206 valence electrons. The summed E-state index contributed by atoms with van der Waals surface area (Å²) in [4.78, 5) is 58.8. The third-order valence-corrected chi connectivity index (χ3v) is 7.99. The number of nitrogens with zero attached hydrogens (tertiary/aromatic N) is 7. The number of hydrogen-bond donors (Lipinski definition) is 1. The number of hydrogen-bond acceptors (Lipinski definition) is 8. The van der Waals surface area contributed by atoms with Gasteiger partial charge in [-0.1, -0.05) is 17.9 Å². The van der Waals surface area contributed by atoms with Crippen LogP contribution in [0.15, 0.2) is 41.4 Å². The van der Waals surface area contributed by atoms with Gasteiger partial charge in [-0.05, 0) is 60.8 Å². The van der Waals surface area contributed by atoms with Crippen LogP contribution in [0.5, 0.6) is 0 Å². The van der Waals surface area contributed by atoms with E-state index in [0.29, 0.717) is 33.7 Å². The minimum Gasteiger partial charge on any atom is -0.314 e. The fourth-order valence-electron chi connectivity index (χ4n) is 5.31. The molecule has 1 aliphatic carbocycles. The van der Waals surface area contributed by atoms with Gasteiger partial charge in [0.25, 0.3) is 0 Å². The number of likely N-dealkylation sites (tertiary alicyclic amines) is 1. The molecule has 1 saturated heterocycles. The molecule has 1 fully saturated rings. The van der Waals surface area contributed by atoms with Gasteiger partial charge in [-0.25, -0.2) is 24.6 Å². The molecule has 0 spiro atoms. The van der Waals surface area contributed by atoms with Gasteiger partial charge in [-0.2, -0.15) is 5.10 Å². The van der Waals surface area contributed by atoms with Gasteiger partial charge in [0.15, 0.2) is 11.4 Å². The highest BCUT2D eigenvalue weighted by Gasteiger charge is 2.56. The van der Waals surface area contributed by atoms with Crippen LogP contribution in [-0.2, 0) is 16.1 Å². The van der Waals surface area contributed by atoms with Crippen LogP contribution in [0.1, 0.15) is 42.1 Å². The van der Waals surface area contributed by atoms with Crippen LogP contribution in [0.4, 0.5) is 5.82 Å². The molecule has 4 aromatic heterocycles. The van der Waals surface area contributed by atoms with E-state index in [9.17, 15) is 14.4 Å². The number of fused-ring (bicyclic) bond motifs is 2. The van der Waals surface area contributed by atoms with Crippen LogP contribution in [0, 0.1) is 31.1 Å². The summed E-state index contributed by atoms with van der Waals surface area (Å²) in [5.74, 6) is 6.32.